The summed E-state index contributed by atoms with van der Waals surface area (Å²) in [5.74, 6) is -0.364. The molecule has 6 heteroatoms. The SMILES string of the molecule is O=C(NOCCO)c1ccc2nnccc2c1. The number of aliphatic hydroxyl groups excluding tert-OH is 1. The van der Waals surface area contributed by atoms with E-state index in [9.17, 15) is 4.79 Å². The van der Waals surface area contributed by atoms with Crippen LogP contribution < -0.4 is 5.48 Å². The Morgan fingerprint density at radius 2 is 2.29 bits per heavy atom. The summed E-state index contributed by atoms with van der Waals surface area (Å²) in [5, 5.41) is 17.0. The van der Waals surface area contributed by atoms with Crippen molar-refractivity contribution in [1.82, 2.24) is 15.7 Å². The number of amides is 1. The van der Waals surface area contributed by atoms with Gasteiger partial charge in [0.1, 0.15) is 0 Å². The zero-order valence-electron chi connectivity index (χ0n) is 8.96. The van der Waals surface area contributed by atoms with Gasteiger partial charge < -0.3 is 5.11 Å². The number of nitrogens with zero attached hydrogens (tertiary/aromatic N) is 2. The van der Waals surface area contributed by atoms with E-state index in [-0.39, 0.29) is 19.1 Å². The quantitative estimate of drug-likeness (QED) is 0.585. The molecule has 0 aliphatic rings. The van der Waals surface area contributed by atoms with Crippen molar-refractivity contribution in [1.29, 1.82) is 0 Å². The average molecular weight is 233 g/mol. The molecule has 6 nitrogen and oxygen atoms in total. The highest BCUT2D eigenvalue weighted by Crippen LogP contribution is 2.12. The molecule has 0 fully saturated rings. The molecular formula is C11H11N3O3. The van der Waals surface area contributed by atoms with Crippen LogP contribution in [-0.4, -0.2) is 34.4 Å². The molecule has 2 aromatic rings. The third-order valence-corrected chi connectivity index (χ3v) is 2.13. The van der Waals surface area contributed by atoms with E-state index in [0.29, 0.717) is 5.56 Å². The minimum absolute atomic E-state index is 0.0603. The van der Waals surface area contributed by atoms with Crippen LogP contribution in [0.2, 0.25) is 0 Å². The van der Waals surface area contributed by atoms with Crippen molar-refractivity contribution in [2.24, 2.45) is 0 Å². The van der Waals surface area contributed by atoms with Crippen molar-refractivity contribution in [2.45, 2.75) is 0 Å². The summed E-state index contributed by atoms with van der Waals surface area (Å²) < 4.78 is 0. The average Bonchev–Trinajstić information content (AvgIpc) is 2.38. The van der Waals surface area contributed by atoms with Crippen LogP contribution in [0, 0.1) is 0 Å². The number of rotatable bonds is 4. The Kier molecular flexibility index (Phi) is 3.59. The first-order valence-corrected chi connectivity index (χ1v) is 5.05. The molecule has 0 atom stereocenters. The number of nitrogens with one attached hydrogen (secondary N) is 1. The van der Waals surface area contributed by atoms with E-state index in [1.54, 1.807) is 30.5 Å². The van der Waals surface area contributed by atoms with Crippen LogP contribution in [0.3, 0.4) is 0 Å². The number of hydroxylamine groups is 1. The second-order valence-corrected chi connectivity index (χ2v) is 3.31. The van der Waals surface area contributed by atoms with Gasteiger partial charge in [-0.3, -0.25) is 9.63 Å². The van der Waals surface area contributed by atoms with E-state index in [4.69, 9.17) is 9.94 Å². The van der Waals surface area contributed by atoms with Crippen LogP contribution in [0.5, 0.6) is 0 Å². The Hall–Kier alpha value is -2.05. The van der Waals surface area contributed by atoms with Gasteiger partial charge in [-0.05, 0) is 24.3 Å². The Morgan fingerprint density at radius 1 is 1.41 bits per heavy atom. The van der Waals surface area contributed by atoms with Crippen molar-refractivity contribution in [3.8, 4) is 0 Å². The van der Waals surface area contributed by atoms with Crippen LogP contribution >= 0.6 is 0 Å². The second-order valence-electron chi connectivity index (χ2n) is 3.31. The smallest absolute Gasteiger partial charge is 0.274 e. The lowest BCUT2D eigenvalue weighted by atomic mass is 10.1. The van der Waals surface area contributed by atoms with Crippen LogP contribution in [0.4, 0.5) is 0 Å². The van der Waals surface area contributed by atoms with E-state index in [2.05, 4.69) is 15.7 Å². The first-order chi connectivity index (χ1) is 8.31. The summed E-state index contributed by atoms with van der Waals surface area (Å²) in [7, 11) is 0. The number of hydrogen-bond donors (Lipinski definition) is 2. The van der Waals surface area contributed by atoms with Crippen molar-refractivity contribution < 1.29 is 14.7 Å². The predicted molar refractivity (Wildman–Crippen MR) is 60.0 cm³/mol. The third-order valence-electron chi connectivity index (χ3n) is 2.13. The molecule has 0 saturated carbocycles. The van der Waals surface area contributed by atoms with Gasteiger partial charge in [0.2, 0.25) is 0 Å². The first kappa shape index (κ1) is 11.4. The van der Waals surface area contributed by atoms with E-state index in [1.807, 2.05) is 0 Å². The van der Waals surface area contributed by atoms with Gasteiger partial charge in [0.15, 0.2) is 0 Å². The lowest BCUT2D eigenvalue weighted by Gasteiger charge is -2.05. The third kappa shape index (κ3) is 2.74. The molecule has 0 unspecified atom stereocenters. The molecule has 0 aliphatic carbocycles. The molecule has 2 N–H and O–H groups in total. The summed E-state index contributed by atoms with van der Waals surface area (Å²) >= 11 is 0. The van der Waals surface area contributed by atoms with Crippen molar-refractivity contribution in [3.63, 3.8) is 0 Å². The van der Waals surface area contributed by atoms with Crippen LogP contribution in [0.25, 0.3) is 10.9 Å². The van der Waals surface area contributed by atoms with Crippen LogP contribution in [0.15, 0.2) is 30.5 Å². The van der Waals surface area contributed by atoms with Gasteiger partial charge in [-0.25, -0.2) is 5.48 Å². The maximum atomic E-state index is 11.6. The monoisotopic (exact) mass is 233 g/mol. The van der Waals surface area contributed by atoms with Gasteiger partial charge in [0, 0.05) is 10.9 Å². The highest BCUT2D eigenvalue weighted by atomic mass is 16.7. The van der Waals surface area contributed by atoms with Crippen molar-refractivity contribution in [3.05, 3.63) is 36.0 Å². The van der Waals surface area contributed by atoms with Gasteiger partial charge >= 0.3 is 0 Å². The van der Waals surface area contributed by atoms with Crippen molar-refractivity contribution >= 4 is 16.8 Å². The molecule has 1 aromatic heterocycles. The predicted octanol–water partition coefficient (Wildman–Crippen LogP) is 0.283. The number of hydrogen-bond acceptors (Lipinski definition) is 5. The molecule has 17 heavy (non-hydrogen) atoms. The molecule has 1 aromatic carbocycles. The zero-order chi connectivity index (χ0) is 12.1. The minimum atomic E-state index is -0.364. The topological polar surface area (TPSA) is 84.3 Å². The molecule has 88 valence electrons. The van der Waals surface area contributed by atoms with Gasteiger partial charge in [0.25, 0.3) is 5.91 Å². The van der Waals surface area contributed by atoms with Gasteiger partial charge in [0.05, 0.1) is 24.9 Å². The summed E-state index contributed by atoms with van der Waals surface area (Å²) in [5.41, 5.74) is 3.41. The molecule has 0 radical (unpaired) electrons. The Bertz CT molecular complexity index is 530. The standard InChI is InChI=1S/C11H11N3O3/c15-5-6-17-14-11(16)9-1-2-10-8(7-9)3-4-12-13-10/h1-4,7,15H,5-6H2,(H,14,16). The van der Waals surface area contributed by atoms with Crippen LogP contribution in [0.1, 0.15) is 10.4 Å². The number of benzene rings is 1. The molecule has 2 rings (SSSR count). The number of carbonyl (C=O) groups is 1. The molecule has 0 saturated heterocycles. The Morgan fingerprint density at radius 3 is 3.12 bits per heavy atom. The summed E-state index contributed by atoms with van der Waals surface area (Å²) in [6.45, 7) is -0.0849. The maximum Gasteiger partial charge on any atom is 0.274 e. The number of fused-ring (bicyclic) bond motifs is 1. The fourth-order valence-corrected chi connectivity index (χ4v) is 1.35. The molecule has 0 spiro atoms. The minimum Gasteiger partial charge on any atom is -0.394 e. The lowest BCUT2D eigenvalue weighted by molar-refractivity contribution is 0.0168. The fraction of sp³-hybridized carbons (Fsp3) is 0.182. The van der Waals surface area contributed by atoms with Gasteiger partial charge in [-0.2, -0.15) is 10.2 Å². The molecule has 0 bridgehead atoms. The molecule has 1 heterocycles. The first-order valence-electron chi connectivity index (χ1n) is 5.05. The number of carbonyl (C=O) groups excluding carboxylic acids is 1. The van der Waals surface area contributed by atoms with E-state index >= 15 is 0 Å². The highest BCUT2D eigenvalue weighted by molar-refractivity contribution is 5.97. The van der Waals surface area contributed by atoms with Crippen molar-refractivity contribution in [2.75, 3.05) is 13.2 Å². The van der Waals surface area contributed by atoms with E-state index in [1.165, 1.54) is 0 Å². The highest BCUT2D eigenvalue weighted by Gasteiger charge is 2.06. The molecule has 1 amide bonds. The zero-order valence-corrected chi connectivity index (χ0v) is 8.96. The fourth-order valence-electron chi connectivity index (χ4n) is 1.35. The summed E-state index contributed by atoms with van der Waals surface area (Å²) in [6, 6.07) is 6.81. The normalized spacial score (nSPS) is 10.4. The van der Waals surface area contributed by atoms with E-state index < -0.39 is 0 Å². The van der Waals surface area contributed by atoms with Gasteiger partial charge in [-0.1, -0.05) is 0 Å². The maximum absolute atomic E-state index is 11.6. The molecule has 0 aliphatic heterocycles. The molecular weight excluding hydrogens is 222 g/mol. The lowest BCUT2D eigenvalue weighted by Crippen LogP contribution is -2.25. The Labute approximate surface area is 97.2 Å². The second kappa shape index (κ2) is 5.33. The summed E-state index contributed by atoms with van der Waals surface area (Å²) in [6.07, 6.45) is 1.56. The van der Waals surface area contributed by atoms with Gasteiger partial charge in [-0.15, -0.1) is 0 Å². The van der Waals surface area contributed by atoms with Crippen LogP contribution in [-0.2, 0) is 4.84 Å². The summed E-state index contributed by atoms with van der Waals surface area (Å²) in [4.78, 5) is 16.3. The Balaban J connectivity index is 2.15. The number of aliphatic hydroxyl groups is 1. The number of aromatic nitrogens is 2. The largest absolute Gasteiger partial charge is 0.394 e. The van der Waals surface area contributed by atoms with E-state index in [0.717, 1.165) is 10.9 Å².